The van der Waals surface area contributed by atoms with E-state index in [0.29, 0.717) is 30.3 Å². The van der Waals surface area contributed by atoms with Gasteiger partial charge in [0, 0.05) is 30.9 Å². The Labute approximate surface area is 148 Å². The van der Waals surface area contributed by atoms with Crippen LogP contribution in [0.4, 0.5) is 0 Å². The maximum Gasteiger partial charge on any atom is 0.224 e. The molecule has 2 atom stereocenters. The minimum absolute atomic E-state index is 0.0858. The lowest BCUT2D eigenvalue weighted by molar-refractivity contribution is -0.130. The molecule has 25 heavy (non-hydrogen) atoms. The summed E-state index contributed by atoms with van der Waals surface area (Å²) in [7, 11) is 4.16. The second-order valence-corrected chi connectivity index (χ2v) is 7.00. The second kappa shape index (κ2) is 7.35. The Hall–Kier alpha value is -2.21. The Bertz CT molecular complexity index is 814. The molecule has 0 spiro atoms. The smallest absolute Gasteiger partial charge is 0.224 e. The van der Waals surface area contributed by atoms with E-state index in [1.54, 1.807) is 10.7 Å². The molecule has 0 N–H and O–H groups in total. The van der Waals surface area contributed by atoms with Gasteiger partial charge in [0.1, 0.15) is 0 Å². The predicted molar refractivity (Wildman–Crippen MR) is 98.5 cm³/mol. The number of para-hydroxylation sites is 1. The van der Waals surface area contributed by atoms with E-state index in [1.807, 2.05) is 23.1 Å². The van der Waals surface area contributed by atoms with E-state index in [4.69, 9.17) is 0 Å². The summed E-state index contributed by atoms with van der Waals surface area (Å²) in [4.78, 5) is 28.7. The van der Waals surface area contributed by atoms with Gasteiger partial charge in [-0.25, -0.2) is 0 Å². The number of aromatic nitrogens is 2. The lowest BCUT2D eigenvalue weighted by Crippen LogP contribution is -2.36. The van der Waals surface area contributed by atoms with Gasteiger partial charge in [0.15, 0.2) is 0 Å². The summed E-state index contributed by atoms with van der Waals surface area (Å²) in [6, 6.07) is 7.83. The maximum absolute atomic E-state index is 12.7. The summed E-state index contributed by atoms with van der Waals surface area (Å²) >= 11 is 0. The van der Waals surface area contributed by atoms with Crippen LogP contribution >= 0.6 is 0 Å². The standard InChI is InChI=1S/C19H26N4O2/c1-4-14-12-22(13-17(14)21(2)3)19(25)9-10-23-16-8-6-5-7-15(16)18(24)11-20-23/h5-8,11,14,17H,4,9-10,12-13H2,1-3H3. The normalized spacial score (nSPS) is 20.6. The van der Waals surface area contributed by atoms with Crippen molar-refractivity contribution in [2.75, 3.05) is 27.2 Å². The number of aryl methyl sites for hydroxylation is 1. The first-order chi connectivity index (χ1) is 12.0. The fraction of sp³-hybridized carbons (Fsp3) is 0.526. The van der Waals surface area contributed by atoms with Gasteiger partial charge in [0.05, 0.1) is 18.3 Å². The zero-order valence-corrected chi connectivity index (χ0v) is 15.2. The SMILES string of the molecule is CCC1CN(C(=O)CCn2ncc(=O)c3ccccc32)CC1N(C)C. The van der Waals surface area contributed by atoms with E-state index in [-0.39, 0.29) is 11.3 Å². The Kier molecular flexibility index (Phi) is 5.18. The molecule has 1 saturated heterocycles. The number of carbonyl (C=O) groups excluding carboxylic acids is 1. The topological polar surface area (TPSA) is 58.4 Å². The molecule has 1 fully saturated rings. The van der Waals surface area contributed by atoms with Crippen LogP contribution in [-0.4, -0.2) is 58.7 Å². The third-order valence-electron chi connectivity index (χ3n) is 5.25. The summed E-state index contributed by atoms with van der Waals surface area (Å²) in [6.07, 6.45) is 2.81. The molecule has 6 heteroatoms. The third kappa shape index (κ3) is 3.58. The maximum atomic E-state index is 12.7. The van der Waals surface area contributed by atoms with Gasteiger partial charge in [0.2, 0.25) is 11.3 Å². The summed E-state index contributed by atoms with van der Waals surface area (Å²) < 4.78 is 1.76. The van der Waals surface area contributed by atoms with Crippen molar-refractivity contribution >= 4 is 16.8 Å². The van der Waals surface area contributed by atoms with Gasteiger partial charge in [0.25, 0.3) is 0 Å². The monoisotopic (exact) mass is 342 g/mol. The molecule has 0 saturated carbocycles. The average Bonchev–Trinajstić information content (AvgIpc) is 3.06. The molecule has 6 nitrogen and oxygen atoms in total. The molecule has 2 unspecified atom stereocenters. The van der Waals surface area contributed by atoms with Crippen molar-refractivity contribution in [2.24, 2.45) is 5.92 Å². The number of likely N-dealkylation sites (tertiary alicyclic amines) is 1. The highest BCUT2D eigenvalue weighted by atomic mass is 16.2. The minimum atomic E-state index is -0.0858. The molecule has 3 rings (SSSR count). The van der Waals surface area contributed by atoms with Crippen LogP contribution in [0.3, 0.4) is 0 Å². The Morgan fingerprint density at radius 1 is 1.28 bits per heavy atom. The van der Waals surface area contributed by atoms with E-state index >= 15 is 0 Å². The summed E-state index contributed by atoms with van der Waals surface area (Å²) in [5, 5.41) is 4.85. The zero-order chi connectivity index (χ0) is 18.0. The molecule has 1 aromatic heterocycles. The number of nitrogens with zero attached hydrogens (tertiary/aromatic N) is 4. The molecule has 1 amide bonds. The molecule has 1 aromatic carbocycles. The van der Waals surface area contributed by atoms with Gasteiger partial charge >= 0.3 is 0 Å². The Balaban J connectivity index is 1.69. The largest absolute Gasteiger partial charge is 0.341 e. The fourth-order valence-electron chi connectivity index (χ4n) is 3.74. The van der Waals surface area contributed by atoms with Crippen molar-refractivity contribution in [2.45, 2.75) is 32.4 Å². The first kappa shape index (κ1) is 17.6. The number of hydrogen-bond acceptors (Lipinski definition) is 4. The quantitative estimate of drug-likeness (QED) is 0.828. The zero-order valence-electron chi connectivity index (χ0n) is 15.2. The van der Waals surface area contributed by atoms with Crippen LogP contribution in [0.1, 0.15) is 19.8 Å². The predicted octanol–water partition coefficient (Wildman–Crippen LogP) is 1.59. The molecule has 0 bridgehead atoms. The van der Waals surface area contributed by atoms with Gasteiger partial charge in [-0.1, -0.05) is 25.5 Å². The van der Waals surface area contributed by atoms with Crippen molar-refractivity contribution in [3.63, 3.8) is 0 Å². The highest BCUT2D eigenvalue weighted by molar-refractivity contribution is 5.79. The van der Waals surface area contributed by atoms with Gasteiger partial charge in [-0.3, -0.25) is 14.3 Å². The number of carbonyl (C=O) groups is 1. The molecule has 1 aliphatic heterocycles. The molecule has 1 aliphatic rings. The summed E-state index contributed by atoms with van der Waals surface area (Å²) in [5.41, 5.74) is 0.694. The minimum Gasteiger partial charge on any atom is -0.341 e. The summed E-state index contributed by atoms with van der Waals surface area (Å²) in [5.74, 6) is 0.692. The van der Waals surface area contributed by atoms with Crippen molar-refractivity contribution < 1.29 is 4.79 Å². The molecule has 0 radical (unpaired) electrons. The second-order valence-electron chi connectivity index (χ2n) is 7.00. The Morgan fingerprint density at radius 3 is 2.72 bits per heavy atom. The van der Waals surface area contributed by atoms with Crippen LogP contribution < -0.4 is 5.43 Å². The van der Waals surface area contributed by atoms with E-state index < -0.39 is 0 Å². The number of likely N-dealkylation sites (N-methyl/N-ethyl adjacent to an activating group) is 1. The molecule has 134 valence electrons. The third-order valence-corrected chi connectivity index (χ3v) is 5.25. The van der Waals surface area contributed by atoms with Crippen LogP contribution in [0.15, 0.2) is 35.3 Å². The number of benzene rings is 1. The number of fused-ring (bicyclic) bond motifs is 1. The van der Waals surface area contributed by atoms with Crippen molar-refractivity contribution in [3.05, 3.63) is 40.7 Å². The van der Waals surface area contributed by atoms with E-state index in [1.165, 1.54) is 6.20 Å². The van der Waals surface area contributed by atoms with Gasteiger partial charge < -0.3 is 9.80 Å². The lowest BCUT2D eigenvalue weighted by Gasteiger charge is -2.23. The van der Waals surface area contributed by atoms with E-state index in [9.17, 15) is 9.59 Å². The van der Waals surface area contributed by atoms with E-state index in [0.717, 1.165) is 25.0 Å². The van der Waals surface area contributed by atoms with E-state index in [2.05, 4.69) is 31.0 Å². The van der Waals surface area contributed by atoms with Crippen molar-refractivity contribution in [3.8, 4) is 0 Å². The molecular formula is C19H26N4O2. The van der Waals surface area contributed by atoms with Crippen LogP contribution in [-0.2, 0) is 11.3 Å². The first-order valence-electron chi connectivity index (χ1n) is 8.90. The van der Waals surface area contributed by atoms with Crippen LogP contribution in [0, 0.1) is 5.92 Å². The van der Waals surface area contributed by atoms with Crippen LogP contribution in [0.25, 0.3) is 10.9 Å². The fourth-order valence-corrected chi connectivity index (χ4v) is 3.74. The molecule has 2 heterocycles. The highest BCUT2D eigenvalue weighted by Gasteiger charge is 2.34. The van der Waals surface area contributed by atoms with Crippen LogP contribution in [0.2, 0.25) is 0 Å². The number of rotatable bonds is 5. The van der Waals surface area contributed by atoms with Gasteiger partial charge in [-0.2, -0.15) is 5.10 Å². The van der Waals surface area contributed by atoms with Crippen LogP contribution in [0.5, 0.6) is 0 Å². The van der Waals surface area contributed by atoms with Crippen molar-refractivity contribution in [1.29, 1.82) is 0 Å². The highest BCUT2D eigenvalue weighted by Crippen LogP contribution is 2.24. The lowest BCUT2D eigenvalue weighted by atomic mass is 10.0. The van der Waals surface area contributed by atoms with Crippen molar-refractivity contribution in [1.82, 2.24) is 19.6 Å². The molecule has 2 aromatic rings. The first-order valence-corrected chi connectivity index (χ1v) is 8.90. The number of hydrogen-bond donors (Lipinski definition) is 0. The summed E-state index contributed by atoms with van der Waals surface area (Å²) in [6.45, 7) is 4.30. The number of amides is 1. The molecular weight excluding hydrogens is 316 g/mol. The molecule has 0 aliphatic carbocycles. The Morgan fingerprint density at radius 2 is 2.04 bits per heavy atom. The average molecular weight is 342 g/mol. The van der Waals surface area contributed by atoms with Gasteiger partial charge in [-0.15, -0.1) is 0 Å². The van der Waals surface area contributed by atoms with Gasteiger partial charge in [-0.05, 0) is 32.1 Å².